The van der Waals surface area contributed by atoms with E-state index in [2.05, 4.69) is 58.8 Å². The van der Waals surface area contributed by atoms with Crippen molar-refractivity contribution < 1.29 is 4.79 Å². The van der Waals surface area contributed by atoms with Gasteiger partial charge in [0.1, 0.15) is 5.00 Å². The van der Waals surface area contributed by atoms with Crippen molar-refractivity contribution in [3.05, 3.63) is 75.9 Å². The minimum absolute atomic E-state index is 0.121. The molecule has 0 unspecified atom stereocenters. The summed E-state index contributed by atoms with van der Waals surface area (Å²) in [5, 5.41) is 7.27. The van der Waals surface area contributed by atoms with Gasteiger partial charge in [0.05, 0.1) is 0 Å². The van der Waals surface area contributed by atoms with Crippen LogP contribution in [0.15, 0.2) is 48.8 Å². The van der Waals surface area contributed by atoms with Gasteiger partial charge in [-0.1, -0.05) is 29.8 Å². The summed E-state index contributed by atoms with van der Waals surface area (Å²) >= 11 is 1.87. The van der Waals surface area contributed by atoms with Crippen molar-refractivity contribution in [1.82, 2.24) is 15.2 Å². The van der Waals surface area contributed by atoms with E-state index < -0.39 is 0 Å². The monoisotopic (exact) mass is 379 g/mol. The van der Waals surface area contributed by atoms with Gasteiger partial charge in [-0.15, -0.1) is 11.3 Å². The second-order valence-electron chi connectivity index (χ2n) is 7.11. The number of hydrogen-bond donors (Lipinski definition) is 2. The van der Waals surface area contributed by atoms with E-state index in [1.807, 2.05) is 23.5 Å². The fourth-order valence-electron chi connectivity index (χ4n) is 3.60. The van der Waals surface area contributed by atoms with Gasteiger partial charge in [0.25, 0.3) is 0 Å². The lowest BCUT2D eigenvalue weighted by Crippen LogP contribution is -2.34. The number of nitrogens with zero attached hydrogens (tertiary/aromatic N) is 1. The fourth-order valence-corrected chi connectivity index (χ4v) is 4.97. The normalized spacial score (nSPS) is 13.2. The highest BCUT2D eigenvalue weighted by molar-refractivity contribution is 7.14. The summed E-state index contributed by atoms with van der Waals surface area (Å²) < 4.78 is 2.17. The van der Waals surface area contributed by atoms with E-state index in [0.717, 1.165) is 18.4 Å². The van der Waals surface area contributed by atoms with Crippen molar-refractivity contribution in [3.8, 4) is 5.00 Å². The van der Waals surface area contributed by atoms with Crippen LogP contribution in [0.2, 0.25) is 0 Å². The molecule has 1 aliphatic rings. The number of aromatic nitrogens is 1. The molecule has 5 heteroatoms. The summed E-state index contributed by atoms with van der Waals surface area (Å²) in [6.07, 6.45) is 8.95. The summed E-state index contributed by atoms with van der Waals surface area (Å²) in [5.41, 5.74) is 5.06. The molecule has 2 aromatic heterocycles. The van der Waals surface area contributed by atoms with Gasteiger partial charge in [-0.3, -0.25) is 0 Å². The van der Waals surface area contributed by atoms with Crippen LogP contribution in [0.4, 0.5) is 4.79 Å². The van der Waals surface area contributed by atoms with Crippen LogP contribution in [0.5, 0.6) is 0 Å². The number of nitrogens with one attached hydrogen (secondary N) is 2. The number of carbonyl (C=O) groups is 1. The third-order valence-corrected chi connectivity index (χ3v) is 6.45. The quantitative estimate of drug-likeness (QED) is 0.662. The van der Waals surface area contributed by atoms with Gasteiger partial charge in [0, 0.05) is 35.9 Å². The number of hydrogen-bond acceptors (Lipinski definition) is 2. The van der Waals surface area contributed by atoms with Crippen LogP contribution in [-0.2, 0) is 25.9 Å². The van der Waals surface area contributed by atoms with E-state index in [-0.39, 0.29) is 6.03 Å². The number of benzene rings is 1. The van der Waals surface area contributed by atoms with Gasteiger partial charge in [0.2, 0.25) is 0 Å². The van der Waals surface area contributed by atoms with Crippen molar-refractivity contribution in [2.24, 2.45) is 0 Å². The minimum atomic E-state index is -0.121. The van der Waals surface area contributed by atoms with Crippen molar-refractivity contribution >= 4 is 17.4 Å². The predicted octanol–water partition coefficient (Wildman–Crippen LogP) is 4.73. The molecule has 3 aromatic rings. The van der Waals surface area contributed by atoms with Crippen molar-refractivity contribution in [3.63, 3.8) is 0 Å². The Morgan fingerprint density at radius 3 is 2.52 bits per heavy atom. The van der Waals surface area contributed by atoms with Gasteiger partial charge in [-0.25, -0.2) is 4.79 Å². The number of thiophene rings is 1. The maximum Gasteiger partial charge on any atom is 0.315 e. The van der Waals surface area contributed by atoms with Gasteiger partial charge in [-0.05, 0) is 55.9 Å². The Morgan fingerprint density at radius 1 is 1.04 bits per heavy atom. The van der Waals surface area contributed by atoms with Crippen molar-refractivity contribution in [2.75, 3.05) is 0 Å². The summed E-state index contributed by atoms with van der Waals surface area (Å²) in [6.45, 7) is 3.17. The molecule has 0 bridgehead atoms. The molecule has 0 spiro atoms. The summed E-state index contributed by atoms with van der Waals surface area (Å²) in [4.78, 5) is 13.8. The molecule has 2 heterocycles. The molecule has 4 rings (SSSR count). The number of rotatable bonds is 5. The first-order chi connectivity index (χ1) is 13.2. The Bertz CT molecular complexity index is 910. The molecule has 4 nitrogen and oxygen atoms in total. The zero-order valence-electron chi connectivity index (χ0n) is 15.6. The third-order valence-electron chi connectivity index (χ3n) is 5.10. The highest BCUT2D eigenvalue weighted by Crippen LogP contribution is 2.36. The standard InChI is InChI=1S/C22H25N3OS/c1-16-8-10-17(11-9-16)14-23-22(26)24-15-19-18-6-2-3-7-20(18)27-21(19)25-12-4-5-13-25/h4-5,8-13H,2-3,6-7,14-15H2,1H3,(H2,23,24,26). The van der Waals surface area contributed by atoms with Crippen molar-refractivity contribution in [2.45, 2.75) is 45.7 Å². The number of fused-ring (bicyclic) bond motifs is 1. The Labute approximate surface area is 164 Å². The Morgan fingerprint density at radius 2 is 1.74 bits per heavy atom. The lowest BCUT2D eigenvalue weighted by Gasteiger charge is -2.14. The molecule has 1 aliphatic carbocycles. The Balaban J connectivity index is 1.43. The molecule has 0 saturated carbocycles. The van der Waals surface area contributed by atoms with Crippen LogP contribution in [-0.4, -0.2) is 10.6 Å². The second-order valence-corrected chi connectivity index (χ2v) is 8.19. The molecule has 0 fully saturated rings. The van der Waals surface area contributed by atoms with E-state index in [0.29, 0.717) is 13.1 Å². The molecular weight excluding hydrogens is 354 g/mol. The highest BCUT2D eigenvalue weighted by Gasteiger charge is 2.21. The van der Waals surface area contributed by atoms with Crippen LogP contribution in [0.3, 0.4) is 0 Å². The van der Waals surface area contributed by atoms with Crippen LogP contribution in [0.1, 0.15) is 40.0 Å². The zero-order valence-corrected chi connectivity index (χ0v) is 16.4. The number of carbonyl (C=O) groups excluding carboxylic acids is 1. The molecule has 0 saturated heterocycles. The highest BCUT2D eigenvalue weighted by atomic mass is 32.1. The van der Waals surface area contributed by atoms with Gasteiger partial charge in [0.15, 0.2) is 0 Å². The fraction of sp³-hybridized carbons (Fsp3) is 0.318. The first-order valence-corrected chi connectivity index (χ1v) is 10.4. The average Bonchev–Trinajstić information content (AvgIpc) is 3.33. The molecule has 2 N–H and O–H groups in total. The molecular formula is C22H25N3OS. The van der Waals surface area contributed by atoms with Crippen molar-refractivity contribution in [1.29, 1.82) is 0 Å². The average molecular weight is 380 g/mol. The topological polar surface area (TPSA) is 46.1 Å². The molecule has 0 radical (unpaired) electrons. The summed E-state index contributed by atoms with van der Waals surface area (Å²) in [7, 11) is 0. The molecule has 2 amide bonds. The van der Waals surface area contributed by atoms with Crippen LogP contribution < -0.4 is 10.6 Å². The number of urea groups is 1. The van der Waals surface area contributed by atoms with Crippen LogP contribution in [0, 0.1) is 6.92 Å². The maximum atomic E-state index is 12.3. The van der Waals surface area contributed by atoms with E-state index in [4.69, 9.17) is 0 Å². The summed E-state index contributed by atoms with van der Waals surface area (Å²) in [6, 6.07) is 12.2. The molecule has 140 valence electrons. The molecule has 0 atom stereocenters. The summed E-state index contributed by atoms with van der Waals surface area (Å²) in [5.74, 6) is 0. The molecule has 1 aromatic carbocycles. The zero-order chi connectivity index (χ0) is 18.6. The predicted molar refractivity (Wildman–Crippen MR) is 111 cm³/mol. The van der Waals surface area contributed by atoms with E-state index in [1.54, 1.807) is 0 Å². The lowest BCUT2D eigenvalue weighted by atomic mass is 9.95. The van der Waals surface area contributed by atoms with Crippen LogP contribution >= 0.6 is 11.3 Å². The van der Waals surface area contributed by atoms with E-state index in [1.165, 1.54) is 39.4 Å². The van der Waals surface area contributed by atoms with E-state index >= 15 is 0 Å². The van der Waals surface area contributed by atoms with E-state index in [9.17, 15) is 4.79 Å². The van der Waals surface area contributed by atoms with Gasteiger partial charge in [-0.2, -0.15) is 0 Å². The number of aryl methyl sites for hydroxylation is 2. The largest absolute Gasteiger partial charge is 0.334 e. The number of amides is 2. The van der Waals surface area contributed by atoms with Crippen LogP contribution in [0.25, 0.3) is 5.00 Å². The maximum absolute atomic E-state index is 12.3. The van der Waals surface area contributed by atoms with Gasteiger partial charge >= 0.3 is 6.03 Å². The third kappa shape index (κ3) is 4.08. The SMILES string of the molecule is Cc1ccc(CNC(=O)NCc2c(-n3cccc3)sc3c2CCCC3)cc1. The Hall–Kier alpha value is -2.53. The lowest BCUT2D eigenvalue weighted by molar-refractivity contribution is 0.240. The van der Waals surface area contributed by atoms with Gasteiger partial charge < -0.3 is 15.2 Å². The second kappa shape index (κ2) is 8.01. The first kappa shape index (κ1) is 17.9. The smallest absolute Gasteiger partial charge is 0.315 e. The molecule has 27 heavy (non-hydrogen) atoms. The first-order valence-electron chi connectivity index (χ1n) is 9.55. The minimum Gasteiger partial charge on any atom is -0.334 e. The Kier molecular flexibility index (Phi) is 5.30. The molecule has 0 aliphatic heterocycles.